The van der Waals surface area contributed by atoms with Crippen LogP contribution < -0.4 is 19.1 Å². The summed E-state index contributed by atoms with van der Waals surface area (Å²) < 4.78 is 58.4. The maximum Gasteiger partial charge on any atom is 0.245 e. The molecule has 0 atom stereocenters. The van der Waals surface area contributed by atoms with Crippen LogP contribution in [0.4, 0.5) is 11.4 Å². The van der Waals surface area contributed by atoms with E-state index in [1.165, 1.54) is 25.3 Å². The molecule has 0 aliphatic rings. The fourth-order valence-electron chi connectivity index (χ4n) is 2.93. The summed E-state index contributed by atoms with van der Waals surface area (Å²) in [5.41, 5.74) is 2.34. The van der Waals surface area contributed by atoms with Gasteiger partial charge in [0, 0.05) is 6.04 Å². The van der Waals surface area contributed by atoms with Crippen molar-refractivity contribution in [1.82, 2.24) is 4.72 Å². The van der Waals surface area contributed by atoms with E-state index in [-0.39, 0.29) is 22.4 Å². The summed E-state index contributed by atoms with van der Waals surface area (Å²) in [5.74, 6) is -0.419. The van der Waals surface area contributed by atoms with Gasteiger partial charge in [-0.05, 0) is 69.2 Å². The molecule has 0 saturated carbocycles. The van der Waals surface area contributed by atoms with Crippen molar-refractivity contribution in [2.45, 2.75) is 38.6 Å². The van der Waals surface area contributed by atoms with Crippen LogP contribution in [0.2, 0.25) is 0 Å². The highest BCUT2D eigenvalue weighted by molar-refractivity contribution is 7.92. The van der Waals surface area contributed by atoms with Crippen LogP contribution in [-0.2, 0) is 24.8 Å². The van der Waals surface area contributed by atoms with Gasteiger partial charge < -0.3 is 10.1 Å². The highest BCUT2D eigenvalue weighted by Crippen LogP contribution is 2.28. The Balaban J connectivity index is 2.35. The Kier molecular flexibility index (Phi) is 7.92. The third-order valence-corrected chi connectivity index (χ3v) is 7.41. The van der Waals surface area contributed by atoms with Crippen molar-refractivity contribution in [3.8, 4) is 5.75 Å². The molecule has 1 amide bonds. The number of anilines is 2. The number of rotatable bonds is 9. The van der Waals surface area contributed by atoms with Gasteiger partial charge in [0.2, 0.25) is 26.0 Å². The van der Waals surface area contributed by atoms with Gasteiger partial charge in [-0.25, -0.2) is 21.6 Å². The Morgan fingerprint density at radius 3 is 2.22 bits per heavy atom. The molecule has 176 valence electrons. The van der Waals surface area contributed by atoms with Gasteiger partial charge in [0.05, 0.1) is 29.6 Å². The number of hydrogen-bond donors (Lipinski definition) is 2. The summed E-state index contributed by atoms with van der Waals surface area (Å²) in [5, 5.41) is 2.56. The molecule has 0 radical (unpaired) electrons. The van der Waals surface area contributed by atoms with E-state index >= 15 is 0 Å². The number of methoxy groups -OCH3 is 1. The highest BCUT2D eigenvalue weighted by Gasteiger charge is 2.23. The number of hydrogen-bond acceptors (Lipinski definition) is 6. The molecule has 9 nitrogen and oxygen atoms in total. The SMILES string of the molecule is COc1ccc(S(=O)(=O)NC(C)C)cc1NC(=O)CN(c1ccc(C)c(C)c1)S(C)(=O)=O. The summed E-state index contributed by atoms with van der Waals surface area (Å²) >= 11 is 0. The summed E-state index contributed by atoms with van der Waals surface area (Å²) in [6, 6.07) is 8.82. The first-order chi connectivity index (χ1) is 14.7. The van der Waals surface area contributed by atoms with Crippen molar-refractivity contribution in [3.05, 3.63) is 47.5 Å². The van der Waals surface area contributed by atoms with E-state index in [0.29, 0.717) is 5.69 Å². The second-order valence-electron chi connectivity index (χ2n) is 7.72. The topological polar surface area (TPSA) is 122 Å². The standard InChI is InChI=1S/C21H29N3O6S2/c1-14(2)23-32(28,29)18-9-10-20(30-5)19(12-18)22-21(25)13-24(31(6,26)27)17-8-7-15(3)16(4)11-17/h7-12,14,23H,13H2,1-6H3,(H,22,25). The van der Waals surface area contributed by atoms with Crippen molar-refractivity contribution in [2.24, 2.45) is 0 Å². The molecule has 0 bridgehead atoms. The fraction of sp³-hybridized carbons (Fsp3) is 0.381. The summed E-state index contributed by atoms with van der Waals surface area (Å²) in [7, 11) is -6.19. The number of amides is 1. The van der Waals surface area contributed by atoms with Gasteiger partial charge in [-0.2, -0.15) is 0 Å². The van der Waals surface area contributed by atoms with Crippen LogP contribution in [0.25, 0.3) is 0 Å². The average Bonchev–Trinajstić information content (AvgIpc) is 2.66. The minimum absolute atomic E-state index is 0.0589. The third kappa shape index (κ3) is 6.44. The van der Waals surface area contributed by atoms with Crippen molar-refractivity contribution in [3.63, 3.8) is 0 Å². The van der Waals surface area contributed by atoms with E-state index in [1.807, 2.05) is 13.8 Å². The van der Waals surface area contributed by atoms with Gasteiger partial charge in [0.25, 0.3) is 0 Å². The van der Waals surface area contributed by atoms with E-state index < -0.39 is 32.5 Å². The van der Waals surface area contributed by atoms with Gasteiger partial charge in [-0.15, -0.1) is 0 Å². The Bertz CT molecular complexity index is 1210. The van der Waals surface area contributed by atoms with Gasteiger partial charge in [0.1, 0.15) is 12.3 Å². The first kappa shape index (κ1) is 25.6. The lowest BCUT2D eigenvalue weighted by Crippen LogP contribution is -2.37. The second kappa shape index (κ2) is 9.88. The number of sulfonamides is 2. The van der Waals surface area contributed by atoms with Crippen molar-refractivity contribution in [2.75, 3.05) is 29.5 Å². The number of carbonyl (C=O) groups is 1. The third-order valence-electron chi connectivity index (χ3n) is 4.61. The minimum Gasteiger partial charge on any atom is -0.495 e. The summed E-state index contributed by atoms with van der Waals surface area (Å²) in [4.78, 5) is 12.7. The van der Waals surface area contributed by atoms with E-state index in [9.17, 15) is 21.6 Å². The quantitative estimate of drug-likeness (QED) is 0.565. The number of nitrogens with one attached hydrogen (secondary N) is 2. The van der Waals surface area contributed by atoms with Crippen LogP contribution in [0.3, 0.4) is 0 Å². The lowest BCUT2D eigenvalue weighted by molar-refractivity contribution is -0.114. The van der Waals surface area contributed by atoms with Crippen LogP contribution in [-0.4, -0.2) is 48.7 Å². The first-order valence-corrected chi connectivity index (χ1v) is 13.1. The van der Waals surface area contributed by atoms with Crippen molar-refractivity contribution in [1.29, 1.82) is 0 Å². The Labute approximate surface area is 189 Å². The molecule has 2 aromatic carbocycles. The Hall–Kier alpha value is -2.63. The maximum atomic E-state index is 12.8. The predicted octanol–water partition coefficient (Wildman–Crippen LogP) is 2.40. The average molecular weight is 484 g/mol. The van der Waals surface area contributed by atoms with Crippen molar-refractivity contribution >= 4 is 37.3 Å². The molecule has 2 aromatic rings. The van der Waals surface area contributed by atoms with Gasteiger partial charge >= 0.3 is 0 Å². The van der Waals surface area contributed by atoms with Crippen LogP contribution in [0.5, 0.6) is 5.75 Å². The van der Waals surface area contributed by atoms with Crippen LogP contribution in [0.1, 0.15) is 25.0 Å². The van der Waals surface area contributed by atoms with Gasteiger partial charge in [-0.3, -0.25) is 9.10 Å². The van der Waals surface area contributed by atoms with E-state index in [1.54, 1.807) is 32.0 Å². The number of aryl methyl sites for hydroxylation is 2. The normalized spacial score (nSPS) is 12.0. The van der Waals surface area contributed by atoms with Crippen LogP contribution in [0, 0.1) is 13.8 Å². The lowest BCUT2D eigenvalue weighted by Gasteiger charge is -2.23. The molecular weight excluding hydrogens is 454 g/mol. The number of carbonyl (C=O) groups excluding carboxylic acids is 1. The molecule has 0 unspecified atom stereocenters. The van der Waals surface area contributed by atoms with Crippen molar-refractivity contribution < 1.29 is 26.4 Å². The summed E-state index contributed by atoms with van der Waals surface area (Å²) in [6.45, 7) is 6.64. The molecule has 0 saturated heterocycles. The van der Waals surface area contributed by atoms with Gasteiger partial charge in [0.15, 0.2) is 0 Å². The lowest BCUT2D eigenvalue weighted by atomic mass is 10.1. The monoisotopic (exact) mass is 483 g/mol. The smallest absolute Gasteiger partial charge is 0.245 e. The Morgan fingerprint density at radius 1 is 1.03 bits per heavy atom. The molecule has 32 heavy (non-hydrogen) atoms. The highest BCUT2D eigenvalue weighted by atomic mass is 32.2. The first-order valence-electron chi connectivity index (χ1n) is 9.80. The van der Waals surface area contributed by atoms with Gasteiger partial charge in [-0.1, -0.05) is 6.07 Å². The maximum absolute atomic E-state index is 12.8. The largest absolute Gasteiger partial charge is 0.495 e. The molecule has 11 heteroatoms. The molecule has 2 N–H and O–H groups in total. The van der Waals surface area contributed by atoms with E-state index in [2.05, 4.69) is 10.0 Å². The molecule has 0 heterocycles. The zero-order valence-electron chi connectivity index (χ0n) is 19.0. The molecule has 0 fully saturated rings. The minimum atomic E-state index is -3.80. The molecule has 0 aromatic heterocycles. The molecular formula is C21H29N3O6S2. The van der Waals surface area contributed by atoms with E-state index in [0.717, 1.165) is 21.7 Å². The second-order valence-corrected chi connectivity index (χ2v) is 11.3. The number of nitrogens with zero attached hydrogens (tertiary/aromatic N) is 1. The Morgan fingerprint density at radius 2 is 1.69 bits per heavy atom. The zero-order valence-corrected chi connectivity index (χ0v) is 20.6. The fourth-order valence-corrected chi connectivity index (χ4v) is 5.06. The number of ether oxygens (including phenoxy) is 1. The number of benzene rings is 2. The van der Waals surface area contributed by atoms with E-state index in [4.69, 9.17) is 4.74 Å². The van der Waals surface area contributed by atoms with Crippen LogP contribution in [0.15, 0.2) is 41.3 Å². The predicted molar refractivity (Wildman–Crippen MR) is 125 cm³/mol. The molecule has 2 rings (SSSR count). The summed E-state index contributed by atoms with van der Waals surface area (Å²) in [6.07, 6.45) is 1.01. The zero-order chi connectivity index (χ0) is 24.3. The van der Waals surface area contributed by atoms with Crippen LogP contribution >= 0.6 is 0 Å². The molecule has 0 aliphatic carbocycles. The molecule has 0 aliphatic heterocycles. The molecule has 0 spiro atoms.